The van der Waals surface area contributed by atoms with E-state index in [9.17, 15) is 20.3 Å². The van der Waals surface area contributed by atoms with Crippen LogP contribution in [0.1, 0.15) is 11.7 Å². The zero-order chi connectivity index (χ0) is 11.4. The number of nitro groups is 1. The first kappa shape index (κ1) is 11.4. The van der Waals surface area contributed by atoms with Gasteiger partial charge in [0.25, 0.3) is 0 Å². The molecule has 1 unspecified atom stereocenters. The number of hydrogen-bond acceptors (Lipinski definition) is 5. The molecule has 0 saturated heterocycles. The molecule has 1 rings (SSSR count). The fourth-order valence-electron chi connectivity index (χ4n) is 1.21. The summed E-state index contributed by atoms with van der Waals surface area (Å²) >= 11 is 0. The van der Waals surface area contributed by atoms with Crippen molar-refractivity contribution < 1.29 is 15.1 Å². The van der Waals surface area contributed by atoms with Crippen molar-refractivity contribution >= 4 is 5.69 Å². The van der Waals surface area contributed by atoms with Crippen LogP contribution in [0.4, 0.5) is 5.69 Å². The number of aliphatic hydroxyl groups excluding tert-OH is 1. The van der Waals surface area contributed by atoms with Gasteiger partial charge in [-0.25, -0.2) is 0 Å². The quantitative estimate of drug-likeness (QED) is 0.500. The lowest BCUT2D eigenvalue weighted by Gasteiger charge is -2.10. The summed E-state index contributed by atoms with van der Waals surface area (Å²) in [4.78, 5) is 9.72. The largest absolute Gasteiger partial charge is 0.502 e. The Kier molecular flexibility index (Phi) is 3.59. The molecular formula is C9H12N2O4. The molecule has 0 aliphatic heterocycles. The lowest BCUT2D eigenvalue weighted by atomic mass is 10.1. The van der Waals surface area contributed by atoms with E-state index in [-0.39, 0.29) is 5.69 Å². The SMILES string of the molecule is CNCC(O)c1ccc([N+](=O)[O-])c(O)c1. The molecule has 1 aromatic rings. The maximum atomic E-state index is 10.4. The number of hydrogen-bond donors (Lipinski definition) is 3. The molecule has 15 heavy (non-hydrogen) atoms. The number of aromatic hydroxyl groups is 1. The van der Waals surface area contributed by atoms with E-state index in [1.54, 1.807) is 7.05 Å². The Morgan fingerprint density at radius 2 is 2.27 bits per heavy atom. The maximum absolute atomic E-state index is 10.4. The average molecular weight is 212 g/mol. The second-order valence-electron chi connectivity index (χ2n) is 3.08. The number of likely N-dealkylation sites (N-methyl/N-ethyl adjacent to an activating group) is 1. The van der Waals surface area contributed by atoms with Crippen molar-refractivity contribution in [3.05, 3.63) is 33.9 Å². The van der Waals surface area contributed by atoms with Gasteiger partial charge in [-0.05, 0) is 24.7 Å². The highest BCUT2D eigenvalue weighted by Crippen LogP contribution is 2.28. The number of phenolic OH excluding ortho intramolecular Hbond substituents is 1. The minimum absolute atomic E-state index is 0.317. The van der Waals surface area contributed by atoms with Crippen molar-refractivity contribution in [3.8, 4) is 5.75 Å². The molecule has 82 valence electrons. The predicted octanol–water partition coefficient (Wildman–Crippen LogP) is 0.553. The standard InChI is InChI=1S/C9H12N2O4/c1-10-5-9(13)6-2-3-7(11(14)15)8(12)4-6/h2-4,9-10,12-13H,5H2,1H3. The monoisotopic (exact) mass is 212 g/mol. The molecule has 0 radical (unpaired) electrons. The van der Waals surface area contributed by atoms with Gasteiger partial charge in [-0.15, -0.1) is 0 Å². The van der Waals surface area contributed by atoms with Gasteiger partial charge in [0.15, 0.2) is 5.75 Å². The van der Waals surface area contributed by atoms with E-state index < -0.39 is 16.8 Å². The molecule has 0 aliphatic carbocycles. The van der Waals surface area contributed by atoms with Crippen LogP contribution in [-0.2, 0) is 0 Å². The summed E-state index contributed by atoms with van der Waals surface area (Å²) in [6, 6.07) is 3.78. The summed E-state index contributed by atoms with van der Waals surface area (Å²) in [5, 5.41) is 32.0. The Morgan fingerprint density at radius 3 is 2.73 bits per heavy atom. The Morgan fingerprint density at radius 1 is 1.60 bits per heavy atom. The first-order chi connectivity index (χ1) is 7.06. The molecule has 6 nitrogen and oxygen atoms in total. The highest BCUT2D eigenvalue weighted by Gasteiger charge is 2.15. The summed E-state index contributed by atoms with van der Waals surface area (Å²) < 4.78 is 0. The molecule has 0 aliphatic rings. The normalized spacial score (nSPS) is 12.4. The van der Waals surface area contributed by atoms with Gasteiger partial charge in [0.05, 0.1) is 11.0 Å². The Bertz CT molecular complexity index is 367. The number of aliphatic hydroxyl groups is 1. The molecule has 0 amide bonds. The van der Waals surface area contributed by atoms with Crippen LogP contribution in [0.3, 0.4) is 0 Å². The summed E-state index contributed by atoms with van der Waals surface area (Å²) in [7, 11) is 1.68. The fraction of sp³-hybridized carbons (Fsp3) is 0.333. The van der Waals surface area contributed by atoms with E-state index in [1.165, 1.54) is 18.2 Å². The third kappa shape index (κ3) is 2.64. The third-order valence-electron chi connectivity index (χ3n) is 1.98. The second kappa shape index (κ2) is 4.72. The van der Waals surface area contributed by atoms with Crippen molar-refractivity contribution in [3.63, 3.8) is 0 Å². The smallest absolute Gasteiger partial charge is 0.310 e. The van der Waals surface area contributed by atoms with Crippen molar-refractivity contribution in [2.45, 2.75) is 6.10 Å². The second-order valence-corrected chi connectivity index (χ2v) is 3.08. The minimum Gasteiger partial charge on any atom is -0.502 e. The molecule has 0 heterocycles. The van der Waals surface area contributed by atoms with Crippen molar-refractivity contribution in [1.82, 2.24) is 5.32 Å². The first-order valence-corrected chi connectivity index (χ1v) is 4.36. The maximum Gasteiger partial charge on any atom is 0.310 e. The molecule has 0 spiro atoms. The number of nitrogens with one attached hydrogen (secondary N) is 1. The third-order valence-corrected chi connectivity index (χ3v) is 1.98. The summed E-state index contributed by atoms with van der Waals surface area (Å²) in [6.07, 6.45) is -0.790. The van der Waals surface area contributed by atoms with Crippen LogP contribution in [0, 0.1) is 10.1 Å². The lowest BCUT2D eigenvalue weighted by Crippen LogP contribution is -2.16. The van der Waals surface area contributed by atoms with E-state index >= 15 is 0 Å². The predicted molar refractivity (Wildman–Crippen MR) is 53.6 cm³/mol. The van der Waals surface area contributed by atoms with Gasteiger partial charge < -0.3 is 15.5 Å². The van der Waals surface area contributed by atoms with Crippen LogP contribution in [0.15, 0.2) is 18.2 Å². The molecule has 0 bridgehead atoms. The van der Waals surface area contributed by atoms with Gasteiger partial charge >= 0.3 is 5.69 Å². The molecular weight excluding hydrogens is 200 g/mol. The highest BCUT2D eigenvalue weighted by molar-refractivity contribution is 5.47. The average Bonchev–Trinajstić information content (AvgIpc) is 2.17. The van der Waals surface area contributed by atoms with Gasteiger partial charge in [0.2, 0.25) is 0 Å². The van der Waals surface area contributed by atoms with Crippen LogP contribution in [0.2, 0.25) is 0 Å². The van der Waals surface area contributed by atoms with Crippen molar-refractivity contribution in [2.75, 3.05) is 13.6 Å². The van der Waals surface area contributed by atoms with Gasteiger partial charge in [0, 0.05) is 12.6 Å². The van der Waals surface area contributed by atoms with Crippen LogP contribution < -0.4 is 5.32 Å². The number of nitro benzene ring substituents is 1. The topological polar surface area (TPSA) is 95.6 Å². The number of rotatable bonds is 4. The Balaban J connectivity index is 2.96. The van der Waals surface area contributed by atoms with Crippen molar-refractivity contribution in [2.24, 2.45) is 0 Å². The number of benzene rings is 1. The molecule has 0 aromatic heterocycles. The zero-order valence-electron chi connectivity index (χ0n) is 8.17. The number of nitrogens with zero attached hydrogens (tertiary/aromatic N) is 1. The summed E-state index contributed by atoms with van der Waals surface area (Å²) in [5.41, 5.74) is 0.0721. The highest BCUT2D eigenvalue weighted by atomic mass is 16.6. The van der Waals surface area contributed by atoms with E-state index in [4.69, 9.17) is 0 Å². The molecule has 3 N–H and O–H groups in total. The van der Waals surface area contributed by atoms with Crippen LogP contribution in [0.5, 0.6) is 5.75 Å². The molecule has 1 atom stereocenters. The van der Waals surface area contributed by atoms with Crippen LogP contribution in [-0.4, -0.2) is 28.7 Å². The first-order valence-electron chi connectivity index (χ1n) is 4.36. The Hall–Kier alpha value is -1.66. The molecule has 1 aromatic carbocycles. The van der Waals surface area contributed by atoms with E-state index in [0.29, 0.717) is 12.1 Å². The molecule has 0 fully saturated rings. The van der Waals surface area contributed by atoms with Crippen LogP contribution >= 0.6 is 0 Å². The van der Waals surface area contributed by atoms with Crippen molar-refractivity contribution in [1.29, 1.82) is 0 Å². The van der Waals surface area contributed by atoms with Gasteiger partial charge in [-0.2, -0.15) is 0 Å². The lowest BCUT2D eigenvalue weighted by molar-refractivity contribution is -0.385. The molecule has 0 saturated carbocycles. The van der Waals surface area contributed by atoms with E-state index in [1.807, 2.05) is 0 Å². The zero-order valence-corrected chi connectivity index (χ0v) is 8.17. The summed E-state index contributed by atoms with van der Waals surface area (Å²) in [5.74, 6) is -0.437. The molecule has 6 heteroatoms. The van der Waals surface area contributed by atoms with Crippen LogP contribution in [0.25, 0.3) is 0 Å². The van der Waals surface area contributed by atoms with E-state index in [0.717, 1.165) is 0 Å². The number of phenols is 1. The van der Waals surface area contributed by atoms with Gasteiger partial charge in [-0.3, -0.25) is 10.1 Å². The van der Waals surface area contributed by atoms with E-state index in [2.05, 4.69) is 5.32 Å². The minimum atomic E-state index is -0.790. The fourth-order valence-corrected chi connectivity index (χ4v) is 1.21. The summed E-state index contributed by atoms with van der Waals surface area (Å²) in [6.45, 7) is 0.317. The van der Waals surface area contributed by atoms with Gasteiger partial charge in [0.1, 0.15) is 0 Å². The Labute approximate surface area is 86.3 Å². The van der Waals surface area contributed by atoms with Gasteiger partial charge in [-0.1, -0.05) is 0 Å².